The molecule has 0 fully saturated rings. The lowest BCUT2D eigenvalue weighted by Crippen LogP contribution is -1.74. The van der Waals surface area contributed by atoms with Crippen molar-refractivity contribution in [1.29, 1.82) is 0 Å². The third kappa shape index (κ3) is 4.52. The van der Waals surface area contributed by atoms with Gasteiger partial charge in [-0.25, -0.2) is 0 Å². The van der Waals surface area contributed by atoms with Crippen molar-refractivity contribution in [3.8, 4) is 0 Å². The minimum Gasteiger partial charge on any atom is -0.0844 e. The molecule has 0 saturated heterocycles. The van der Waals surface area contributed by atoms with Crippen LogP contribution in [0.2, 0.25) is 0 Å². The van der Waals surface area contributed by atoms with E-state index in [9.17, 15) is 0 Å². The molecule has 0 amide bonds. The Hall–Kier alpha value is 0.0900. The first-order chi connectivity index (χ1) is 4.95. The van der Waals surface area contributed by atoms with Gasteiger partial charge >= 0.3 is 0 Å². The molecule has 3 heteroatoms. The van der Waals surface area contributed by atoms with Crippen LogP contribution in [0.5, 0.6) is 0 Å². The van der Waals surface area contributed by atoms with Gasteiger partial charge in [-0.05, 0) is 19.9 Å². The van der Waals surface area contributed by atoms with E-state index in [0.29, 0.717) is 15.1 Å². The molecule has 0 N–H and O–H groups in total. The zero-order chi connectivity index (χ0) is 9.02. The van der Waals surface area contributed by atoms with Gasteiger partial charge < -0.3 is 0 Å². The molecule has 0 rings (SSSR count). The van der Waals surface area contributed by atoms with Crippen molar-refractivity contribution in [2.24, 2.45) is 0 Å². The standard InChI is InChI=1S/C8H9Cl3/c1-5(2)7(10)4-8(11)6(3)9/h4H,3H2,1-2H3/b8-4+. The Morgan fingerprint density at radius 1 is 1.18 bits per heavy atom. The maximum Gasteiger partial charge on any atom is 0.0601 e. The summed E-state index contributed by atoms with van der Waals surface area (Å²) in [7, 11) is 0. The molecule has 62 valence electrons. The van der Waals surface area contributed by atoms with Gasteiger partial charge in [0.2, 0.25) is 0 Å². The summed E-state index contributed by atoms with van der Waals surface area (Å²) in [5, 5.41) is 1.26. The van der Waals surface area contributed by atoms with E-state index >= 15 is 0 Å². The van der Waals surface area contributed by atoms with Crippen LogP contribution in [0.3, 0.4) is 0 Å². The van der Waals surface area contributed by atoms with E-state index in [2.05, 4.69) is 6.58 Å². The van der Waals surface area contributed by atoms with Crippen LogP contribution in [0.15, 0.2) is 33.3 Å². The maximum absolute atomic E-state index is 5.77. The van der Waals surface area contributed by atoms with Crippen molar-refractivity contribution in [2.45, 2.75) is 13.8 Å². The third-order valence-electron chi connectivity index (χ3n) is 0.990. The topological polar surface area (TPSA) is 0 Å². The van der Waals surface area contributed by atoms with Crippen LogP contribution in [0, 0.1) is 0 Å². The lowest BCUT2D eigenvalue weighted by Gasteiger charge is -1.95. The predicted octanol–water partition coefficient (Wildman–Crippen LogP) is 4.39. The van der Waals surface area contributed by atoms with E-state index < -0.39 is 0 Å². The highest BCUT2D eigenvalue weighted by molar-refractivity contribution is 6.44. The molecule has 0 radical (unpaired) electrons. The Bertz CT molecular complexity index is 219. The third-order valence-corrected chi connectivity index (χ3v) is 2.11. The molecule has 0 saturated carbocycles. The van der Waals surface area contributed by atoms with Crippen molar-refractivity contribution in [1.82, 2.24) is 0 Å². The van der Waals surface area contributed by atoms with Gasteiger partial charge in [0.05, 0.1) is 10.1 Å². The lowest BCUT2D eigenvalue weighted by atomic mass is 10.3. The van der Waals surface area contributed by atoms with Crippen molar-refractivity contribution in [3.05, 3.63) is 33.3 Å². The highest BCUT2D eigenvalue weighted by Crippen LogP contribution is 2.21. The van der Waals surface area contributed by atoms with Crippen LogP contribution in [-0.2, 0) is 0 Å². The molecular formula is C8H9Cl3. The average molecular weight is 212 g/mol. The molecular weight excluding hydrogens is 202 g/mol. The first kappa shape index (κ1) is 11.1. The molecule has 0 nitrogen and oxygen atoms in total. The van der Waals surface area contributed by atoms with E-state index in [1.165, 1.54) is 0 Å². The molecule has 0 aromatic carbocycles. The maximum atomic E-state index is 5.77. The fourth-order valence-corrected chi connectivity index (χ4v) is 0.663. The minimum absolute atomic E-state index is 0.297. The Morgan fingerprint density at radius 2 is 1.64 bits per heavy atom. The normalized spacial score (nSPS) is 11.2. The number of rotatable bonds is 2. The van der Waals surface area contributed by atoms with Crippen LogP contribution >= 0.6 is 34.8 Å². The van der Waals surface area contributed by atoms with E-state index in [-0.39, 0.29) is 0 Å². The smallest absolute Gasteiger partial charge is 0.0601 e. The second kappa shape index (κ2) is 4.87. The number of halogens is 3. The van der Waals surface area contributed by atoms with Gasteiger partial charge in [-0.15, -0.1) is 0 Å². The Balaban J connectivity index is 4.58. The second-order valence-electron chi connectivity index (χ2n) is 2.25. The Kier molecular flexibility index (Phi) is 4.91. The highest BCUT2D eigenvalue weighted by atomic mass is 35.5. The van der Waals surface area contributed by atoms with Crippen molar-refractivity contribution >= 4 is 34.8 Å². The highest BCUT2D eigenvalue weighted by Gasteiger charge is 1.96. The largest absolute Gasteiger partial charge is 0.0844 e. The van der Waals surface area contributed by atoms with Gasteiger partial charge in [-0.2, -0.15) is 0 Å². The fourth-order valence-electron chi connectivity index (χ4n) is 0.334. The van der Waals surface area contributed by atoms with E-state index in [0.717, 1.165) is 5.57 Å². The first-order valence-corrected chi connectivity index (χ1v) is 4.13. The SMILES string of the molecule is C=C(Cl)/C(Cl)=C\C(Cl)=C(C)C. The van der Waals surface area contributed by atoms with Gasteiger partial charge in [0.15, 0.2) is 0 Å². The summed E-state index contributed by atoms with van der Waals surface area (Å²) in [4.78, 5) is 0. The van der Waals surface area contributed by atoms with Gasteiger partial charge in [0.1, 0.15) is 0 Å². The van der Waals surface area contributed by atoms with E-state index in [4.69, 9.17) is 34.8 Å². The van der Waals surface area contributed by atoms with Gasteiger partial charge in [-0.3, -0.25) is 0 Å². The summed E-state index contributed by atoms with van der Waals surface area (Å²) in [5.74, 6) is 0. The number of allylic oxidation sites excluding steroid dienone is 5. The predicted molar refractivity (Wildman–Crippen MR) is 53.2 cm³/mol. The molecule has 0 aromatic heterocycles. The molecule has 11 heavy (non-hydrogen) atoms. The van der Waals surface area contributed by atoms with Gasteiger partial charge in [0, 0.05) is 5.03 Å². The Labute approximate surface area is 82.1 Å². The first-order valence-electron chi connectivity index (χ1n) is 3.00. The molecule has 0 bridgehead atoms. The molecule has 0 unspecified atom stereocenters. The fraction of sp³-hybridized carbons (Fsp3) is 0.250. The number of hydrogen-bond acceptors (Lipinski definition) is 0. The zero-order valence-corrected chi connectivity index (χ0v) is 8.69. The molecule has 0 aliphatic heterocycles. The lowest BCUT2D eigenvalue weighted by molar-refractivity contribution is 1.37. The number of hydrogen-bond donors (Lipinski definition) is 0. The molecule has 0 heterocycles. The van der Waals surface area contributed by atoms with Crippen LogP contribution < -0.4 is 0 Å². The summed E-state index contributed by atoms with van der Waals surface area (Å²) >= 11 is 16.9. The summed E-state index contributed by atoms with van der Waals surface area (Å²) in [5.41, 5.74) is 0.989. The van der Waals surface area contributed by atoms with E-state index in [1.54, 1.807) is 6.08 Å². The second-order valence-corrected chi connectivity index (χ2v) is 3.52. The van der Waals surface area contributed by atoms with Crippen LogP contribution in [0.25, 0.3) is 0 Å². The van der Waals surface area contributed by atoms with Crippen LogP contribution in [0.1, 0.15) is 13.8 Å². The molecule has 0 aliphatic rings. The summed E-state index contributed by atoms with van der Waals surface area (Å²) < 4.78 is 0. The minimum atomic E-state index is 0.297. The van der Waals surface area contributed by atoms with E-state index in [1.807, 2.05) is 13.8 Å². The molecule has 0 aliphatic carbocycles. The van der Waals surface area contributed by atoms with Gasteiger partial charge in [-0.1, -0.05) is 47.0 Å². The summed E-state index contributed by atoms with van der Waals surface area (Å²) in [6.45, 7) is 7.23. The monoisotopic (exact) mass is 210 g/mol. The van der Waals surface area contributed by atoms with Crippen LogP contribution in [-0.4, -0.2) is 0 Å². The molecule has 0 atom stereocenters. The molecule has 0 spiro atoms. The average Bonchev–Trinajstić information content (AvgIpc) is 1.87. The summed E-state index contributed by atoms with van der Waals surface area (Å²) in [6.07, 6.45) is 1.58. The van der Waals surface area contributed by atoms with Crippen molar-refractivity contribution < 1.29 is 0 Å². The molecule has 0 aromatic rings. The quantitative estimate of drug-likeness (QED) is 0.594. The zero-order valence-electron chi connectivity index (χ0n) is 6.42. The van der Waals surface area contributed by atoms with Gasteiger partial charge in [0.25, 0.3) is 0 Å². The van der Waals surface area contributed by atoms with Crippen molar-refractivity contribution in [3.63, 3.8) is 0 Å². The van der Waals surface area contributed by atoms with Crippen LogP contribution in [0.4, 0.5) is 0 Å². The Morgan fingerprint density at radius 3 is 1.91 bits per heavy atom. The van der Waals surface area contributed by atoms with Crippen molar-refractivity contribution in [2.75, 3.05) is 0 Å². The summed E-state index contributed by atoms with van der Waals surface area (Å²) in [6, 6.07) is 0.